The third kappa shape index (κ3) is 7.48. The van der Waals surface area contributed by atoms with Crippen LogP contribution in [-0.4, -0.2) is 70.4 Å². The van der Waals surface area contributed by atoms with Crippen molar-refractivity contribution >= 4 is 28.9 Å². The van der Waals surface area contributed by atoms with Crippen molar-refractivity contribution in [3.63, 3.8) is 0 Å². The number of carbonyl (C=O) groups is 3. The molecule has 248 valence electrons. The SMILES string of the molecule is C=CCC[C@@H]1CCC[C@H]1OC(=O)N[C@H](C(=O)N1C[C@H](Oc2nc3ccccc3c(OCC)c2CC=C)C[C@H]1C(=O)O)C1CCCC1. The van der Waals surface area contributed by atoms with E-state index in [1.165, 1.54) is 4.90 Å². The Morgan fingerprint density at radius 2 is 1.89 bits per heavy atom. The first-order valence-corrected chi connectivity index (χ1v) is 16.8. The van der Waals surface area contributed by atoms with Gasteiger partial charge in [0.25, 0.3) is 0 Å². The van der Waals surface area contributed by atoms with Crippen LogP contribution in [0.2, 0.25) is 0 Å². The summed E-state index contributed by atoms with van der Waals surface area (Å²) in [6.45, 7) is 10.1. The summed E-state index contributed by atoms with van der Waals surface area (Å²) in [5, 5.41) is 13.9. The van der Waals surface area contributed by atoms with Crippen molar-refractivity contribution in [1.82, 2.24) is 15.2 Å². The van der Waals surface area contributed by atoms with E-state index in [1.54, 1.807) is 6.08 Å². The number of para-hydroxylation sites is 1. The molecule has 1 aromatic heterocycles. The molecule has 1 aliphatic heterocycles. The van der Waals surface area contributed by atoms with Gasteiger partial charge < -0.3 is 29.5 Å². The van der Waals surface area contributed by atoms with Gasteiger partial charge in [0.05, 0.1) is 24.2 Å². The number of ether oxygens (including phenoxy) is 3. The first-order valence-electron chi connectivity index (χ1n) is 16.8. The highest BCUT2D eigenvalue weighted by atomic mass is 16.6. The van der Waals surface area contributed by atoms with Crippen LogP contribution in [0.3, 0.4) is 0 Å². The Morgan fingerprint density at radius 3 is 2.61 bits per heavy atom. The monoisotopic (exact) mass is 633 g/mol. The lowest BCUT2D eigenvalue weighted by Crippen LogP contribution is -2.55. The van der Waals surface area contributed by atoms with Crippen LogP contribution in [-0.2, 0) is 20.7 Å². The highest BCUT2D eigenvalue weighted by molar-refractivity contribution is 5.90. The summed E-state index contributed by atoms with van der Waals surface area (Å²) < 4.78 is 18.3. The Hall–Kier alpha value is -4.08. The number of likely N-dealkylation sites (tertiary alicyclic amines) is 1. The molecule has 46 heavy (non-hydrogen) atoms. The molecule has 0 bridgehead atoms. The number of pyridine rings is 1. The largest absolute Gasteiger partial charge is 0.493 e. The number of aliphatic carboxylic acids is 1. The number of hydrogen-bond donors (Lipinski definition) is 2. The van der Waals surface area contributed by atoms with Gasteiger partial charge in [-0.15, -0.1) is 13.2 Å². The van der Waals surface area contributed by atoms with Crippen molar-refractivity contribution < 1.29 is 33.7 Å². The Balaban J connectivity index is 1.35. The number of nitrogens with one attached hydrogen (secondary N) is 1. The topological polar surface area (TPSA) is 127 Å². The zero-order chi connectivity index (χ0) is 32.6. The van der Waals surface area contributed by atoms with Gasteiger partial charge in [0.15, 0.2) is 0 Å². The number of fused-ring (bicyclic) bond motifs is 1. The second-order valence-corrected chi connectivity index (χ2v) is 12.7. The molecule has 2 aromatic rings. The van der Waals surface area contributed by atoms with Gasteiger partial charge in [-0.3, -0.25) is 4.79 Å². The molecule has 5 atom stereocenters. The standard InChI is InChI=1S/C36H47N3O7/c1-4-7-14-23-17-12-20-30(23)46-36(43)38-31(24-15-8-9-16-24)34(40)39-22-25(21-29(39)35(41)42)45-33-27(13-5-2)32(44-6-3)26-18-10-11-19-28(26)37-33/h4-5,10-11,18-19,23-25,29-31H,1-2,6-9,12-17,20-22H2,3H3,(H,38,43)(H,41,42)/t23-,25-,29+,30-,31+/m1/s1. The maximum absolute atomic E-state index is 14.2. The number of aromatic nitrogens is 1. The molecule has 5 rings (SSSR count). The maximum atomic E-state index is 14.2. The average Bonchev–Trinajstić information content (AvgIpc) is 3.82. The lowest BCUT2D eigenvalue weighted by Gasteiger charge is -2.31. The van der Waals surface area contributed by atoms with Crippen LogP contribution in [0.1, 0.15) is 76.7 Å². The molecule has 0 spiro atoms. The van der Waals surface area contributed by atoms with E-state index in [1.807, 2.05) is 37.3 Å². The number of carboxylic acid groups (broad SMARTS) is 1. The number of carbonyl (C=O) groups excluding carboxylic acids is 2. The molecule has 10 nitrogen and oxygen atoms in total. The normalized spacial score (nSPS) is 23.6. The predicted molar refractivity (Wildman–Crippen MR) is 175 cm³/mol. The fourth-order valence-corrected chi connectivity index (χ4v) is 7.42. The van der Waals surface area contributed by atoms with Crippen LogP contribution in [0.5, 0.6) is 11.6 Å². The van der Waals surface area contributed by atoms with Crippen LogP contribution in [0, 0.1) is 11.8 Å². The molecule has 0 unspecified atom stereocenters. The third-order valence-corrected chi connectivity index (χ3v) is 9.65. The molecule has 2 aliphatic carbocycles. The number of benzene rings is 1. The number of allylic oxidation sites excluding steroid dienone is 2. The number of hydrogen-bond acceptors (Lipinski definition) is 7. The number of nitrogens with zero attached hydrogens (tertiary/aromatic N) is 2. The van der Waals surface area contributed by atoms with Crippen molar-refractivity contribution in [1.29, 1.82) is 0 Å². The summed E-state index contributed by atoms with van der Waals surface area (Å²) in [4.78, 5) is 46.0. The van der Waals surface area contributed by atoms with Crippen molar-refractivity contribution in [2.45, 2.75) is 102 Å². The van der Waals surface area contributed by atoms with Crippen LogP contribution in [0.4, 0.5) is 4.79 Å². The van der Waals surface area contributed by atoms with Crippen molar-refractivity contribution in [3.05, 3.63) is 55.1 Å². The third-order valence-electron chi connectivity index (χ3n) is 9.65. The Labute approximate surface area is 271 Å². The lowest BCUT2D eigenvalue weighted by atomic mass is 9.96. The smallest absolute Gasteiger partial charge is 0.408 e. The number of rotatable bonds is 14. The molecule has 3 aliphatic rings. The molecule has 3 fully saturated rings. The molecule has 1 saturated heterocycles. The second kappa shape index (κ2) is 15.5. The van der Waals surface area contributed by atoms with Crippen molar-refractivity contribution in [2.24, 2.45) is 11.8 Å². The summed E-state index contributed by atoms with van der Waals surface area (Å²) in [5.41, 5.74) is 1.41. The number of amides is 2. The number of carboxylic acids is 1. The molecular weight excluding hydrogens is 586 g/mol. The van der Waals surface area contributed by atoms with Crippen LogP contribution in [0.25, 0.3) is 10.9 Å². The van der Waals surface area contributed by atoms with Gasteiger partial charge in [-0.25, -0.2) is 14.6 Å². The first kappa shape index (κ1) is 33.3. The molecule has 2 amide bonds. The summed E-state index contributed by atoms with van der Waals surface area (Å²) in [6, 6.07) is 5.64. The van der Waals surface area contributed by atoms with E-state index in [0.717, 1.165) is 68.7 Å². The molecular formula is C36H47N3O7. The lowest BCUT2D eigenvalue weighted by molar-refractivity contribution is -0.149. The molecule has 2 N–H and O–H groups in total. The van der Waals surface area contributed by atoms with E-state index < -0.39 is 36.2 Å². The molecule has 0 radical (unpaired) electrons. The maximum Gasteiger partial charge on any atom is 0.408 e. The van der Waals surface area contributed by atoms with E-state index in [4.69, 9.17) is 19.2 Å². The summed E-state index contributed by atoms with van der Waals surface area (Å²) in [6.07, 6.45) is 10.7. The van der Waals surface area contributed by atoms with Gasteiger partial charge in [0.2, 0.25) is 11.8 Å². The van der Waals surface area contributed by atoms with E-state index in [2.05, 4.69) is 18.5 Å². The zero-order valence-corrected chi connectivity index (χ0v) is 26.8. The van der Waals surface area contributed by atoms with E-state index in [9.17, 15) is 19.5 Å². The van der Waals surface area contributed by atoms with Gasteiger partial charge in [0, 0.05) is 11.8 Å². The summed E-state index contributed by atoms with van der Waals surface area (Å²) >= 11 is 0. The fourth-order valence-electron chi connectivity index (χ4n) is 7.42. The van der Waals surface area contributed by atoms with Crippen LogP contribution in [0.15, 0.2) is 49.6 Å². The predicted octanol–water partition coefficient (Wildman–Crippen LogP) is 6.21. The van der Waals surface area contributed by atoms with Gasteiger partial charge in [-0.1, -0.05) is 37.1 Å². The highest BCUT2D eigenvalue weighted by Gasteiger charge is 2.46. The Kier molecular flexibility index (Phi) is 11.2. The fraction of sp³-hybridized carbons (Fsp3) is 0.556. The number of alkyl carbamates (subject to hydrolysis) is 1. The molecule has 2 saturated carbocycles. The molecule has 2 heterocycles. The Bertz CT molecular complexity index is 1420. The van der Waals surface area contributed by atoms with Gasteiger partial charge in [-0.2, -0.15) is 0 Å². The van der Waals surface area contributed by atoms with Gasteiger partial charge in [0.1, 0.15) is 30.0 Å². The average molecular weight is 634 g/mol. The summed E-state index contributed by atoms with van der Waals surface area (Å²) in [5.74, 6) is -0.357. The van der Waals surface area contributed by atoms with Crippen molar-refractivity contribution in [2.75, 3.05) is 13.2 Å². The van der Waals surface area contributed by atoms with Crippen LogP contribution >= 0.6 is 0 Å². The minimum atomic E-state index is -1.11. The molecule has 10 heteroatoms. The van der Waals surface area contributed by atoms with Crippen molar-refractivity contribution in [3.8, 4) is 11.6 Å². The highest BCUT2D eigenvalue weighted by Crippen LogP contribution is 2.38. The van der Waals surface area contributed by atoms with Gasteiger partial charge in [-0.05, 0) is 82.3 Å². The first-order chi connectivity index (χ1) is 22.3. The minimum absolute atomic E-state index is 0.0496. The summed E-state index contributed by atoms with van der Waals surface area (Å²) in [7, 11) is 0. The second-order valence-electron chi connectivity index (χ2n) is 12.7. The van der Waals surface area contributed by atoms with E-state index in [-0.39, 0.29) is 30.9 Å². The van der Waals surface area contributed by atoms with E-state index >= 15 is 0 Å². The Morgan fingerprint density at radius 1 is 1.11 bits per heavy atom. The quantitative estimate of drug-likeness (QED) is 0.235. The molecule has 1 aromatic carbocycles. The van der Waals surface area contributed by atoms with E-state index in [0.29, 0.717) is 30.2 Å². The van der Waals surface area contributed by atoms with Crippen LogP contribution < -0.4 is 14.8 Å². The zero-order valence-electron chi connectivity index (χ0n) is 26.8. The minimum Gasteiger partial charge on any atom is -0.493 e. The van der Waals surface area contributed by atoms with Gasteiger partial charge >= 0.3 is 12.1 Å².